The molecule has 3 rings (SSSR count). The Labute approximate surface area is 198 Å². The van der Waals surface area contributed by atoms with Gasteiger partial charge < -0.3 is 19.3 Å². The Balaban J connectivity index is 1.82. The van der Waals surface area contributed by atoms with Crippen LogP contribution in [-0.2, 0) is 21.3 Å². The van der Waals surface area contributed by atoms with E-state index in [0.717, 1.165) is 10.6 Å². The third-order valence-electron chi connectivity index (χ3n) is 5.45. The van der Waals surface area contributed by atoms with Crippen molar-refractivity contribution in [3.63, 3.8) is 0 Å². The molecule has 0 bridgehead atoms. The molecule has 1 heterocycles. The first kappa shape index (κ1) is 25.3. The molecule has 1 fully saturated rings. The van der Waals surface area contributed by atoms with Crippen LogP contribution in [0, 0.1) is 5.82 Å². The highest BCUT2D eigenvalue weighted by atomic mass is 32.2. The number of hydrogen-bond donors (Lipinski definition) is 0. The highest BCUT2D eigenvalue weighted by molar-refractivity contribution is 7.92. The summed E-state index contributed by atoms with van der Waals surface area (Å²) in [6.45, 7) is 3.34. The lowest BCUT2D eigenvalue weighted by atomic mass is 10.1. The summed E-state index contributed by atoms with van der Waals surface area (Å²) < 4.78 is 49.9. The number of benzene rings is 2. The minimum atomic E-state index is -3.72. The average molecular weight is 494 g/mol. The molecule has 0 aliphatic carbocycles. The van der Waals surface area contributed by atoms with E-state index in [9.17, 15) is 22.4 Å². The molecule has 34 heavy (non-hydrogen) atoms. The van der Waals surface area contributed by atoms with Gasteiger partial charge in [-0.2, -0.15) is 0 Å². The lowest BCUT2D eigenvalue weighted by molar-refractivity contribution is 0.0570. The average Bonchev–Trinajstić information content (AvgIpc) is 2.82. The van der Waals surface area contributed by atoms with Crippen molar-refractivity contribution in [2.24, 2.45) is 0 Å². The largest absolute Gasteiger partial charge is 0.496 e. The number of rotatable bonds is 7. The van der Waals surface area contributed by atoms with Crippen molar-refractivity contribution in [3.05, 3.63) is 59.4 Å². The number of ether oxygens (including phenoxy) is 2. The number of methoxy groups -OCH3 is 1. The van der Waals surface area contributed by atoms with Gasteiger partial charge in [-0.25, -0.2) is 17.6 Å². The first-order valence-corrected chi connectivity index (χ1v) is 12.6. The second kappa shape index (κ2) is 10.7. The van der Waals surface area contributed by atoms with E-state index < -0.39 is 21.9 Å². The molecule has 1 aliphatic heterocycles. The first-order valence-electron chi connectivity index (χ1n) is 10.7. The zero-order chi connectivity index (χ0) is 24.9. The minimum Gasteiger partial charge on any atom is -0.496 e. The number of nitrogens with zero attached hydrogens (tertiary/aromatic N) is 3. The smallest absolute Gasteiger partial charge is 0.409 e. The Kier molecular flexibility index (Phi) is 7.98. The van der Waals surface area contributed by atoms with Gasteiger partial charge in [-0.15, -0.1) is 0 Å². The Morgan fingerprint density at radius 1 is 1.03 bits per heavy atom. The van der Waals surface area contributed by atoms with Crippen LogP contribution in [0.5, 0.6) is 5.75 Å². The van der Waals surface area contributed by atoms with Crippen molar-refractivity contribution in [2.45, 2.75) is 13.5 Å². The van der Waals surface area contributed by atoms with Crippen molar-refractivity contribution in [1.29, 1.82) is 0 Å². The molecule has 0 unspecified atom stereocenters. The van der Waals surface area contributed by atoms with E-state index in [1.807, 2.05) is 0 Å². The Bertz CT molecular complexity index is 1130. The molecule has 2 aromatic rings. The number of anilines is 1. The zero-order valence-corrected chi connectivity index (χ0v) is 20.2. The predicted octanol–water partition coefficient (Wildman–Crippen LogP) is 2.71. The van der Waals surface area contributed by atoms with Crippen molar-refractivity contribution < 1.29 is 31.9 Å². The van der Waals surface area contributed by atoms with E-state index >= 15 is 0 Å². The van der Waals surface area contributed by atoms with Gasteiger partial charge in [-0.1, -0.05) is 0 Å². The van der Waals surface area contributed by atoms with Gasteiger partial charge in [0.15, 0.2) is 0 Å². The summed E-state index contributed by atoms with van der Waals surface area (Å²) in [5, 5.41) is 0. The molecule has 2 amide bonds. The molecular formula is C23H28FN3O6S. The lowest BCUT2D eigenvalue weighted by Crippen LogP contribution is -2.50. The topological polar surface area (TPSA) is 96.5 Å². The highest BCUT2D eigenvalue weighted by Gasteiger charge is 2.27. The molecule has 0 N–H and O–H groups in total. The van der Waals surface area contributed by atoms with Crippen molar-refractivity contribution in [3.8, 4) is 5.75 Å². The fraction of sp³-hybridized carbons (Fsp3) is 0.391. The normalized spacial score (nSPS) is 14.0. The van der Waals surface area contributed by atoms with Gasteiger partial charge in [-0.3, -0.25) is 9.10 Å². The monoisotopic (exact) mass is 493 g/mol. The van der Waals surface area contributed by atoms with Crippen LogP contribution < -0.4 is 9.04 Å². The Hall–Kier alpha value is -3.34. The third kappa shape index (κ3) is 5.96. The van der Waals surface area contributed by atoms with Crippen LogP contribution in [-0.4, -0.2) is 76.4 Å². The van der Waals surface area contributed by atoms with Crippen LogP contribution in [0.15, 0.2) is 42.5 Å². The number of hydrogen-bond acceptors (Lipinski definition) is 6. The molecule has 0 saturated carbocycles. The van der Waals surface area contributed by atoms with Gasteiger partial charge in [0, 0.05) is 37.3 Å². The molecule has 0 atom stereocenters. The lowest BCUT2D eigenvalue weighted by Gasteiger charge is -2.34. The van der Waals surface area contributed by atoms with Crippen molar-refractivity contribution in [1.82, 2.24) is 9.80 Å². The first-order chi connectivity index (χ1) is 16.1. The molecule has 0 aromatic heterocycles. The molecule has 2 aromatic carbocycles. The van der Waals surface area contributed by atoms with Gasteiger partial charge in [-0.05, 0) is 49.4 Å². The fourth-order valence-electron chi connectivity index (χ4n) is 3.69. The molecule has 0 spiro atoms. The number of sulfonamides is 1. The van der Waals surface area contributed by atoms with Crippen LogP contribution in [0.2, 0.25) is 0 Å². The van der Waals surface area contributed by atoms with Crippen LogP contribution in [0.4, 0.5) is 14.9 Å². The van der Waals surface area contributed by atoms with Gasteiger partial charge in [0.2, 0.25) is 10.0 Å². The summed E-state index contributed by atoms with van der Waals surface area (Å²) in [6, 6.07) is 9.94. The number of halogens is 1. The standard InChI is InChI=1S/C23H28FN3O6S/c1-4-33-23(29)26-13-11-25(12-14-26)22(28)17-5-10-21(32-2)18(15-17)16-27(34(3,30)31)20-8-6-19(24)7-9-20/h5-10,15H,4,11-14,16H2,1-3H3. The summed E-state index contributed by atoms with van der Waals surface area (Å²) in [6.07, 6.45) is 0.656. The van der Waals surface area contributed by atoms with Crippen LogP contribution in [0.25, 0.3) is 0 Å². The number of carbonyl (C=O) groups excluding carboxylic acids is 2. The quantitative estimate of drug-likeness (QED) is 0.589. The molecule has 1 aliphatic rings. The summed E-state index contributed by atoms with van der Waals surface area (Å²) in [5.74, 6) is -0.301. The number of piperazine rings is 1. The Morgan fingerprint density at radius 2 is 1.65 bits per heavy atom. The zero-order valence-electron chi connectivity index (χ0n) is 19.4. The molecule has 9 nitrogen and oxygen atoms in total. The molecule has 11 heteroatoms. The maximum absolute atomic E-state index is 13.4. The fourth-order valence-corrected chi connectivity index (χ4v) is 4.56. The van der Waals surface area contributed by atoms with Gasteiger partial charge in [0.05, 0.1) is 32.2 Å². The van der Waals surface area contributed by atoms with E-state index in [0.29, 0.717) is 43.1 Å². The van der Waals surface area contributed by atoms with Gasteiger partial charge in [0.1, 0.15) is 11.6 Å². The third-order valence-corrected chi connectivity index (χ3v) is 6.59. The second-order valence-corrected chi connectivity index (χ2v) is 9.66. The summed E-state index contributed by atoms with van der Waals surface area (Å²) >= 11 is 0. The molecule has 1 saturated heterocycles. The van der Waals surface area contributed by atoms with Crippen molar-refractivity contribution in [2.75, 3.05) is 50.5 Å². The minimum absolute atomic E-state index is 0.106. The van der Waals surface area contributed by atoms with E-state index in [4.69, 9.17) is 9.47 Å². The summed E-state index contributed by atoms with van der Waals surface area (Å²) in [7, 11) is -2.26. The predicted molar refractivity (Wildman–Crippen MR) is 125 cm³/mol. The van der Waals surface area contributed by atoms with Crippen LogP contribution in [0.1, 0.15) is 22.8 Å². The number of amides is 2. The molecule has 184 valence electrons. The summed E-state index contributed by atoms with van der Waals surface area (Å²) in [4.78, 5) is 28.2. The van der Waals surface area contributed by atoms with Gasteiger partial charge >= 0.3 is 6.09 Å². The molecular weight excluding hydrogens is 465 g/mol. The second-order valence-electron chi connectivity index (χ2n) is 7.75. The van der Waals surface area contributed by atoms with Crippen molar-refractivity contribution >= 4 is 27.7 Å². The van der Waals surface area contributed by atoms with Crippen LogP contribution >= 0.6 is 0 Å². The maximum Gasteiger partial charge on any atom is 0.409 e. The van der Waals surface area contributed by atoms with E-state index in [1.165, 1.54) is 31.4 Å². The SMILES string of the molecule is CCOC(=O)N1CCN(C(=O)c2ccc(OC)c(CN(c3ccc(F)cc3)S(C)(=O)=O)c2)CC1. The summed E-state index contributed by atoms with van der Waals surface area (Å²) in [5.41, 5.74) is 1.14. The van der Waals surface area contributed by atoms with E-state index in [-0.39, 0.29) is 24.7 Å². The van der Waals surface area contributed by atoms with Gasteiger partial charge in [0.25, 0.3) is 5.91 Å². The number of carbonyl (C=O) groups is 2. The Morgan fingerprint density at radius 3 is 2.21 bits per heavy atom. The molecule has 0 radical (unpaired) electrons. The van der Waals surface area contributed by atoms with E-state index in [1.54, 1.807) is 34.9 Å². The maximum atomic E-state index is 13.4. The van der Waals surface area contributed by atoms with E-state index in [2.05, 4.69) is 0 Å². The highest BCUT2D eigenvalue weighted by Crippen LogP contribution is 2.27. The van der Waals surface area contributed by atoms with Crippen LogP contribution in [0.3, 0.4) is 0 Å².